The van der Waals surface area contributed by atoms with Gasteiger partial charge in [-0.3, -0.25) is 4.79 Å². The van der Waals surface area contributed by atoms with Gasteiger partial charge in [0.15, 0.2) is 0 Å². The summed E-state index contributed by atoms with van der Waals surface area (Å²) in [5, 5.41) is 0.973. The third-order valence-electron chi connectivity index (χ3n) is 1.60. The fourth-order valence-electron chi connectivity index (χ4n) is 0.933. The van der Waals surface area contributed by atoms with Gasteiger partial charge in [0, 0.05) is 24.8 Å². The van der Waals surface area contributed by atoms with Crippen LogP contribution in [0.15, 0.2) is 0 Å². The lowest BCUT2D eigenvalue weighted by atomic mass is 10.3. The Morgan fingerprint density at radius 3 is 2.45 bits per heavy atom. The molecule has 0 radical (unpaired) electrons. The van der Waals surface area contributed by atoms with Crippen molar-refractivity contribution in [3.05, 3.63) is 0 Å². The lowest BCUT2D eigenvalue weighted by molar-refractivity contribution is -0.130. The Bertz CT molecular complexity index is 117. The molecule has 0 spiro atoms. The third kappa shape index (κ3) is 4.40. The molecule has 0 rings (SSSR count). The van der Waals surface area contributed by atoms with E-state index in [1.165, 1.54) is 0 Å². The molecule has 0 heterocycles. The summed E-state index contributed by atoms with van der Waals surface area (Å²) in [6.07, 6.45) is 1.66. The van der Waals surface area contributed by atoms with Crippen molar-refractivity contribution >= 4 is 21.8 Å². The SMILES string of the molecule is CCC(=O)N(CC)CCCBr. The molecule has 1 amide bonds. The minimum atomic E-state index is 0.258. The zero-order valence-electron chi connectivity index (χ0n) is 7.27. The second-order valence-corrected chi connectivity index (χ2v) is 3.16. The van der Waals surface area contributed by atoms with E-state index in [-0.39, 0.29) is 5.91 Å². The van der Waals surface area contributed by atoms with E-state index < -0.39 is 0 Å². The largest absolute Gasteiger partial charge is 0.343 e. The standard InChI is InChI=1S/C8H16BrNO/c1-3-8(11)10(4-2)7-5-6-9/h3-7H2,1-2H3. The molecule has 66 valence electrons. The number of alkyl halides is 1. The highest BCUT2D eigenvalue weighted by molar-refractivity contribution is 9.09. The number of hydrogen-bond donors (Lipinski definition) is 0. The number of amides is 1. The van der Waals surface area contributed by atoms with E-state index in [0.717, 1.165) is 24.8 Å². The molecule has 2 nitrogen and oxygen atoms in total. The first-order valence-corrected chi connectivity index (χ1v) is 5.22. The van der Waals surface area contributed by atoms with Crippen molar-refractivity contribution in [3.63, 3.8) is 0 Å². The molecule has 3 heteroatoms. The normalized spacial score (nSPS) is 9.73. The van der Waals surface area contributed by atoms with Crippen LogP contribution >= 0.6 is 15.9 Å². The number of rotatable bonds is 5. The molecule has 0 N–H and O–H groups in total. The number of hydrogen-bond acceptors (Lipinski definition) is 1. The van der Waals surface area contributed by atoms with E-state index in [4.69, 9.17) is 0 Å². The summed E-state index contributed by atoms with van der Waals surface area (Å²) in [6, 6.07) is 0. The van der Waals surface area contributed by atoms with Crippen LogP contribution in [0.5, 0.6) is 0 Å². The average molecular weight is 222 g/mol. The minimum Gasteiger partial charge on any atom is -0.343 e. The molecule has 11 heavy (non-hydrogen) atoms. The number of halogens is 1. The van der Waals surface area contributed by atoms with E-state index in [1.54, 1.807) is 0 Å². The van der Waals surface area contributed by atoms with E-state index in [0.29, 0.717) is 6.42 Å². The monoisotopic (exact) mass is 221 g/mol. The fraction of sp³-hybridized carbons (Fsp3) is 0.875. The van der Waals surface area contributed by atoms with E-state index in [1.807, 2.05) is 18.7 Å². The molecule has 0 unspecified atom stereocenters. The maximum atomic E-state index is 11.2. The Kier molecular flexibility index (Phi) is 6.62. The predicted octanol–water partition coefficient (Wildman–Crippen LogP) is 2.03. The highest BCUT2D eigenvalue weighted by Gasteiger charge is 2.06. The van der Waals surface area contributed by atoms with Crippen molar-refractivity contribution in [1.29, 1.82) is 0 Å². The second-order valence-electron chi connectivity index (χ2n) is 2.37. The van der Waals surface area contributed by atoms with Gasteiger partial charge in [0.05, 0.1) is 0 Å². The van der Waals surface area contributed by atoms with Gasteiger partial charge in [0.25, 0.3) is 0 Å². The zero-order chi connectivity index (χ0) is 8.69. The molecule has 0 atom stereocenters. The van der Waals surface area contributed by atoms with E-state index >= 15 is 0 Å². The summed E-state index contributed by atoms with van der Waals surface area (Å²) in [7, 11) is 0. The van der Waals surface area contributed by atoms with Crippen LogP contribution in [-0.4, -0.2) is 29.2 Å². The molecule has 0 aromatic heterocycles. The van der Waals surface area contributed by atoms with Gasteiger partial charge in [-0.15, -0.1) is 0 Å². The van der Waals surface area contributed by atoms with Gasteiger partial charge in [-0.05, 0) is 13.3 Å². The maximum absolute atomic E-state index is 11.2. The fourth-order valence-corrected chi connectivity index (χ4v) is 1.18. The van der Waals surface area contributed by atoms with Gasteiger partial charge in [-0.2, -0.15) is 0 Å². The summed E-state index contributed by atoms with van der Waals surface area (Å²) in [6.45, 7) is 5.63. The molecule has 0 fully saturated rings. The first-order valence-electron chi connectivity index (χ1n) is 4.10. The number of carbonyl (C=O) groups excluding carboxylic acids is 1. The lowest BCUT2D eigenvalue weighted by Crippen LogP contribution is -2.31. The number of nitrogens with zero attached hydrogens (tertiary/aromatic N) is 1. The topological polar surface area (TPSA) is 20.3 Å². The molecule has 0 aliphatic rings. The maximum Gasteiger partial charge on any atom is 0.222 e. The molecule has 0 bridgehead atoms. The summed E-state index contributed by atoms with van der Waals surface area (Å²) in [5.74, 6) is 0.258. The van der Waals surface area contributed by atoms with Gasteiger partial charge >= 0.3 is 0 Å². The summed E-state index contributed by atoms with van der Waals surface area (Å²) < 4.78 is 0. The molecule has 0 aliphatic carbocycles. The van der Waals surface area contributed by atoms with Crippen molar-refractivity contribution in [2.45, 2.75) is 26.7 Å². The van der Waals surface area contributed by atoms with Crippen molar-refractivity contribution < 1.29 is 4.79 Å². The highest BCUT2D eigenvalue weighted by Crippen LogP contribution is 1.97. The van der Waals surface area contributed by atoms with Crippen molar-refractivity contribution in [1.82, 2.24) is 4.90 Å². The smallest absolute Gasteiger partial charge is 0.222 e. The van der Waals surface area contributed by atoms with Gasteiger partial charge in [0.2, 0.25) is 5.91 Å². The first-order chi connectivity index (χ1) is 5.26. The molecule has 0 aliphatic heterocycles. The summed E-state index contributed by atoms with van der Waals surface area (Å²) >= 11 is 3.34. The Morgan fingerprint density at radius 2 is 2.09 bits per heavy atom. The molecular formula is C8H16BrNO. The quantitative estimate of drug-likeness (QED) is 0.652. The first kappa shape index (κ1) is 11.0. The Balaban J connectivity index is 3.65. The molecular weight excluding hydrogens is 206 g/mol. The predicted molar refractivity (Wildman–Crippen MR) is 51.0 cm³/mol. The summed E-state index contributed by atoms with van der Waals surface area (Å²) in [5.41, 5.74) is 0. The van der Waals surface area contributed by atoms with Gasteiger partial charge in [-0.1, -0.05) is 22.9 Å². The van der Waals surface area contributed by atoms with Crippen molar-refractivity contribution in [2.24, 2.45) is 0 Å². The van der Waals surface area contributed by atoms with Crippen LogP contribution < -0.4 is 0 Å². The van der Waals surface area contributed by atoms with E-state index in [9.17, 15) is 4.79 Å². The molecule has 0 saturated carbocycles. The van der Waals surface area contributed by atoms with Crippen LogP contribution in [0.25, 0.3) is 0 Å². The van der Waals surface area contributed by atoms with E-state index in [2.05, 4.69) is 15.9 Å². The average Bonchev–Trinajstić information content (AvgIpc) is 2.05. The van der Waals surface area contributed by atoms with Crippen molar-refractivity contribution in [3.8, 4) is 0 Å². The molecule has 0 aromatic carbocycles. The molecule has 0 aromatic rings. The molecule has 0 saturated heterocycles. The van der Waals surface area contributed by atoms with Gasteiger partial charge in [-0.25, -0.2) is 0 Å². The second kappa shape index (κ2) is 6.65. The zero-order valence-corrected chi connectivity index (χ0v) is 8.85. The highest BCUT2D eigenvalue weighted by atomic mass is 79.9. The van der Waals surface area contributed by atoms with Crippen LogP contribution in [0.2, 0.25) is 0 Å². The van der Waals surface area contributed by atoms with Crippen LogP contribution in [0.4, 0.5) is 0 Å². The van der Waals surface area contributed by atoms with Crippen LogP contribution in [0.1, 0.15) is 26.7 Å². The lowest BCUT2D eigenvalue weighted by Gasteiger charge is -2.19. The Labute approximate surface area is 77.1 Å². The Morgan fingerprint density at radius 1 is 1.45 bits per heavy atom. The van der Waals surface area contributed by atoms with Crippen LogP contribution in [0, 0.1) is 0 Å². The minimum absolute atomic E-state index is 0.258. The van der Waals surface area contributed by atoms with Crippen LogP contribution in [0.3, 0.4) is 0 Å². The van der Waals surface area contributed by atoms with Crippen molar-refractivity contribution in [2.75, 3.05) is 18.4 Å². The summed E-state index contributed by atoms with van der Waals surface area (Å²) in [4.78, 5) is 13.0. The Hall–Kier alpha value is -0.0500. The third-order valence-corrected chi connectivity index (χ3v) is 2.16. The number of carbonyl (C=O) groups is 1. The van der Waals surface area contributed by atoms with Crippen LogP contribution in [-0.2, 0) is 4.79 Å². The van der Waals surface area contributed by atoms with Gasteiger partial charge < -0.3 is 4.90 Å². The van der Waals surface area contributed by atoms with Gasteiger partial charge in [0.1, 0.15) is 0 Å².